The van der Waals surface area contributed by atoms with Crippen LogP contribution in [0.15, 0.2) is 127 Å². The van der Waals surface area contributed by atoms with Crippen LogP contribution in [0.25, 0.3) is 11.1 Å². The lowest BCUT2D eigenvalue weighted by Crippen LogP contribution is -2.56. The summed E-state index contributed by atoms with van der Waals surface area (Å²) in [6.07, 6.45) is 2.60. The Bertz CT molecular complexity index is 2130. The lowest BCUT2D eigenvalue weighted by atomic mass is 9.69. The maximum Gasteiger partial charge on any atom is 0.409 e. The number of nitrogens with zero attached hydrogens (tertiary/aromatic N) is 1. The van der Waals surface area contributed by atoms with Gasteiger partial charge in [0.15, 0.2) is 0 Å². The number of rotatable bonds is 13. The molecular formula is C48H49N3O6. The van der Waals surface area contributed by atoms with E-state index >= 15 is 0 Å². The number of hydrogen-bond donors (Lipinski definition) is 2. The molecule has 3 aliphatic rings. The summed E-state index contributed by atoms with van der Waals surface area (Å²) < 4.78 is 17.9. The number of hydrogen-bond acceptors (Lipinski definition) is 6. The first-order chi connectivity index (χ1) is 27.9. The normalized spacial score (nSPS) is 17.6. The van der Waals surface area contributed by atoms with Crippen molar-refractivity contribution in [3.8, 4) is 22.6 Å². The smallest absolute Gasteiger partial charge is 0.409 e. The molecule has 2 heterocycles. The molecule has 2 aliphatic heterocycles. The molecule has 1 aliphatic carbocycles. The van der Waals surface area contributed by atoms with Gasteiger partial charge in [-0.2, -0.15) is 0 Å². The highest BCUT2D eigenvalue weighted by molar-refractivity contribution is 5.82. The first-order valence-electron chi connectivity index (χ1n) is 20.0. The molecule has 2 N–H and O–H groups in total. The SMILES string of the molecule is COCCCCC1(CNC(=O)[C@H]2C[C@@H](NC(=O)Cc3ccccc3)CN(C(=O)OCC3c4ccccc4-c4ccccc43)C2)c2ccccc2Oc2ccccc21. The molecule has 0 spiro atoms. The fraction of sp³-hybridized carbons (Fsp3) is 0.312. The van der Waals surface area contributed by atoms with E-state index in [9.17, 15) is 14.4 Å². The number of carbonyl (C=O) groups excluding carboxylic acids is 3. The van der Waals surface area contributed by atoms with Gasteiger partial charge in [-0.1, -0.05) is 115 Å². The monoisotopic (exact) mass is 763 g/mol. The topological polar surface area (TPSA) is 106 Å². The van der Waals surface area contributed by atoms with Gasteiger partial charge in [-0.05, 0) is 65.6 Å². The summed E-state index contributed by atoms with van der Waals surface area (Å²) in [5, 5.41) is 6.48. The standard InChI is InChI=1S/C48H49N3O6/c1-55-26-14-13-25-48(41-21-9-11-23-43(41)57-44-24-12-10-22-42(44)48)32-49-46(53)34-28-35(50-45(52)27-33-15-3-2-4-16-33)30-51(29-34)47(54)56-31-40-38-19-7-5-17-36(38)37-18-6-8-20-39(37)40/h2-12,15-24,34-35,40H,13-14,25-32H2,1H3,(H,49,53)(H,50,52)/t34-,35+/m0/s1. The summed E-state index contributed by atoms with van der Waals surface area (Å²) in [7, 11) is 1.71. The number of ether oxygens (including phenoxy) is 3. The van der Waals surface area contributed by atoms with Gasteiger partial charge in [-0.25, -0.2) is 4.79 Å². The molecule has 0 aromatic heterocycles. The van der Waals surface area contributed by atoms with Gasteiger partial charge in [0, 0.05) is 61.9 Å². The second-order valence-corrected chi connectivity index (χ2v) is 15.4. The molecule has 9 nitrogen and oxygen atoms in total. The van der Waals surface area contributed by atoms with Gasteiger partial charge in [-0.15, -0.1) is 0 Å². The number of likely N-dealkylation sites (tertiary alicyclic amines) is 1. The van der Waals surface area contributed by atoms with Crippen molar-refractivity contribution in [3.05, 3.63) is 155 Å². The Morgan fingerprint density at radius 3 is 2.04 bits per heavy atom. The highest BCUT2D eigenvalue weighted by Crippen LogP contribution is 2.50. The molecule has 0 bridgehead atoms. The first kappa shape index (κ1) is 38.0. The lowest BCUT2D eigenvalue weighted by Gasteiger charge is -2.41. The van der Waals surface area contributed by atoms with Crippen molar-refractivity contribution in [2.24, 2.45) is 5.92 Å². The summed E-state index contributed by atoms with van der Waals surface area (Å²) >= 11 is 0. The second kappa shape index (κ2) is 17.1. The highest BCUT2D eigenvalue weighted by atomic mass is 16.6. The minimum Gasteiger partial charge on any atom is -0.457 e. The van der Waals surface area contributed by atoms with Crippen LogP contribution in [0.2, 0.25) is 0 Å². The third-order valence-corrected chi connectivity index (χ3v) is 11.8. The van der Waals surface area contributed by atoms with Crippen molar-refractivity contribution in [2.75, 3.05) is 40.0 Å². The minimum atomic E-state index is -0.586. The molecule has 0 saturated carbocycles. The van der Waals surface area contributed by atoms with Crippen LogP contribution in [0.5, 0.6) is 11.5 Å². The van der Waals surface area contributed by atoms with Crippen LogP contribution in [0.1, 0.15) is 59.4 Å². The second-order valence-electron chi connectivity index (χ2n) is 15.4. The van der Waals surface area contributed by atoms with Crippen molar-refractivity contribution in [1.29, 1.82) is 0 Å². The molecule has 0 radical (unpaired) electrons. The van der Waals surface area contributed by atoms with Crippen LogP contribution in [0, 0.1) is 5.92 Å². The van der Waals surface area contributed by atoms with E-state index in [1.165, 1.54) is 0 Å². The number of amides is 3. The van der Waals surface area contributed by atoms with Gasteiger partial charge in [0.05, 0.1) is 12.3 Å². The minimum absolute atomic E-state index is 0.100. The van der Waals surface area contributed by atoms with Crippen molar-refractivity contribution >= 4 is 17.9 Å². The number of para-hydroxylation sites is 2. The van der Waals surface area contributed by atoms with Crippen LogP contribution in [-0.2, 0) is 30.9 Å². The molecule has 1 fully saturated rings. The van der Waals surface area contributed by atoms with Gasteiger partial charge < -0.3 is 29.7 Å². The fourth-order valence-electron chi connectivity index (χ4n) is 9.06. The largest absolute Gasteiger partial charge is 0.457 e. The molecular weight excluding hydrogens is 715 g/mol. The maximum absolute atomic E-state index is 14.5. The number of benzene rings is 5. The summed E-state index contributed by atoms with van der Waals surface area (Å²) in [4.78, 5) is 43.4. The number of unbranched alkanes of at least 4 members (excludes halogenated alkanes) is 1. The van der Waals surface area contributed by atoms with Gasteiger partial charge in [0.1, 0.15) is 18.1 Å². The van der Waals surface area contributed by atoms with Crippen molar-refractivity contribution in [3.63, 3.8) is 0 Å². The quantitative estimate of drug-likeness (QED) is 0.118. The third-order valence-electron chi connectivity index (χ3n) is 11.8. The van der Waals surface area contributed by atoms with E-state index in [0.717, 1.165) is 69.7 Å². The number of methoxy groups -OCH3 is 1. The molecule has 2 atom stereocenters. The van der Waals surface area contributed by atoms with Crippen LogP contribution >= 0.6 is 0 Å². The Hall–Kier alpha value is -5.93. The highest BCUT2D eigenvalue weighted by Gasteiger charge is 2.43. The van der Waals surface area contributed by atoms with E-state index in [1.807, 2.05) is 91.0 Å². The Balaban J connectivity index is 1.02. The predicted octanol–water partition coefficient (Wildman–Crippen LogP) is 8.01. The van der Waals surface area contributed by atoms with Crippen molar-refractivity contribution in [1.82, 2.24) is 15.5 Å². The third kappa shape index (κ3) is 8.03. The number of fused-ring (bicyclic) bond motifs is 5. The fourth-order valence-corrected chi connectivity index (χ4v) is 9.06. The molecule has 9 heteroatoms. The van der Waals surface area contributed by atoms with E-state index in [0.29, 0.717) is 19.6 Å². The maximum atomic E-state index is 14.5. The first-order valence-corrected chi connectivity index (χ1v) is 20.0. The zero-order valence-corrected chi connectivity index (χ0v) is 32.3. The molecule has 1 saturated heterocycles. The van der Waals surface area contributed by atoms with E-state index in [1.54, 1.807) is 12.0 Å². The molecule has 3 amide bonds. The average Bonchev–Trinajstić information content (AvgIpc) is 3.56. The van der Waals surface area contributed by atoms with E-state index in [-0.39, 0.29) is 43.8 Å². The van der Waals surface area contributed by atoms with Crippen LogP contribution in [0.4, 0.5) is 4.79 Å². The van der Waals surface area contributed by atoms with Gasteiger partial charge in [0.2, 0.25) is 11.8 Å². The number of piperidine rings is 1. The molecule has 8 rings (SSSR count). The number of nitrogens with one attached hydrogen (secondary N) is 2. The van der Waals surface area contributed by atoms with Crippen LogP contribution < -0.4 is 15.4 Å². The van der Waals surface area contributed by atoms with Gasteiger partial charge in [-0.3, -0.25) is 9.59 Å². The molecule has 5 aromatic rings. The molecule has 57 heavy (non-hydrogen) atoms. The summed E-state index contributed by atoms with van der Waals surface area (Å²) in [5.74, 6) is 0.528. The Kier molecular flexibility index (Phi) is 11.4. The lowest BCUT2D eigenvalue weighted by molar-refractivity contribution is -0.128. The van der Waals surface area contributed by atoms with Crippen molar-refractivity contribution in [2.45, 2.75) is 49.5 Å². The van der Waals surface area contributed by atoms with Crippen LogP contribution in [-0.4, -0.2) is 68.8 Å². The van der Waals surface area contributed by atoms with E-state index in [4.69, 9.17) is 14.2 Å². The summed E-state index contributed by atoms with van der Waals surface area (Å²) in [6, 6.07) is 41.7. The molecule has 0 unspecified atom stereocenters. The van der Waals surface area contributed by atoms with Gasteiger partial charge in [0.25, 0.3) is 0 Å². The Morgan fingerprint density at radius 1 is 0.754 bits per heavy atom. The predicted molar refractivity (Wildman–Crippen MR) is 219 cm³/mol. The molecule has 292 valence electrons. The van der Waals surface area contributed by atoms with E-state index in [2.05, 4.69) is 47.0 Å². The van der Waals surface area contributed by atoms with Crippen molar-refractivity contribution < 1.29 is 28.6 Å². The zero-order chi connectivity index (χ0) is 39.2. The Labute approximate surface area is 334 Å². The average molecular weight is 764 g/mol. The van der Waals surface area contributed by atoms with Gasteiger partial charge >= 0.3 is 6.09 Å². The summed E-state index contributed by atoms with van der Waals surface area (Å²) in [5.41, 5.74) is 6.93. The number of carbonyl (C=O) groups is 3. The summed E-state index contributed by atoms with van der Waals surface area (Å²) in [6.45, 7) is 1.56. The Morgan fingerprint density at radius 2 is 1.37 bits per heavy atom. The van der Waals surface area contributed by atoms with Crippen LogP contribution in [0.3, 0.4) is 0 Å². The molecule has 5 aromatic carbocycles. The van der Waals surface area contributed by atoms with E-state index < -0.39 is 23.5 Å². The zero-order valence-electron chi connectivity index (χ0n) is 32.3.